The Bertz CT molecular complexity index is 644. The molecule has 2 aliphatic heterocycles. The SMILES string of the molecule is C=C1[C@@H]2CCC3C1(O)[C@@H]([C@@H]2C)[C@@]1(O)C[C@@H]2C(C)(C)CC[C@H](O)[C@@]32CO1. The molecule has 0 aromatic carbocycles. The van der Waals surface area contributed by atoms with Gasteiger partial charge in [-0.1, -0.05) is 27.4 Å². The van der Waals surface area contributed by atoms with Crippen LogP contribution in [0, 0.1) is 40.4 Å². The van der Waals surface area contributed by atoms with E-state index in [9.17, 15) is 15.3 Å². The molecule has 4 heteroatoms. The van der Waals surface area contributed by atoms with Gasteiger partial charge >= 0.3 is 0 Å². The van der Waals surface area contributed by atoms with E-state index in [1.165, 1.54) is 0 Å². The van der Waals surface area contributed by atoms with Gasteiger partial charge in [0.05, 0.1) is 18.3 Å². The first-order valence-corrected chi connectivity index (χ1v) is 10.0. The van der Waals surface area contributed by atoms with Crippen molar-refractivity contribution in [3.05, 3.63) is 12.2 Å². The van der Waals surface area contributed by atoms with E-state index in [-0.39, 0.29) is 35.0 Å². The van der Waals surface area contributed by atoms with Crippen molar-refractivity contribution in [1.29, 1.82) is 0 Å². The van der Waals surface area contributed by atoms with Crippen LogP contribution in [0.25, 0.3) is 0 Å². The van der Waals surface area contributed by atoms with Crippen molar-refractivity contribution in [2.24, 2.45) is 40.4 Å². The lowest BCUT2D eigenvalue weighted by molar-refractivity contribution is -0.320. The second-order valence-corrected chi connectivity index (χ2v) is 10.5. The Morgan fingerprint density at radius 2 is 1.84 bits per heavy atom. The number of aliphatic hydroxyl groups excluding tert-OH is 1. The minimum atomic E-state index is -1.31. The van der Waals surface area contributed by atoms with E-state index in [1.54, 1.807) is 0 Å². The highest BCUT2D eigenvalue weighted by Gasteiger charge is 2.78. The quantitative estimate of drug-likeness (QED) is 0.588. The van der Waals surface area contributed by atoms with Crippen molar-refractivity contribution < 1.29 is 20.1 Å². The van der Waals surface area contributed by atoms with E-state index in [4.69, 9.17) is 4.74 Å². The summed E-state index contributed by atoms with van der Waals surface area (Å²) < 4.78 is 6.16. The molecular weight excluding hydrogens is 316 g/mol. The average molecular weight is 348 g/mol. The molecule has 6 rings (SSSR count). The summed E-state index contributed by atoms with van der Waals surface area (Å²) in [5.41, 5.74) is -0.680. The predicted molar refractivity (Wildman–Crippen MR) is 93.4 cm³/mol. The van der Waals surface area contributed by atoms with E-state index in [2.05, 4.69) is 27.4 Å². The molecular formula is C21H32O4. The van der Waals surface area contributed by atoms with Crippen molar-refractivity contribution >= 4 is 0 Å². The van der Waals surface area contributed by atoms with E-state index < -0.39 is 22.9 Å². The summed E-state index contributed by atoms with van der Waals surface area (Å²) in [6, 6.07) is 0. The molecule has 1 spiro atoms. The highest BCUT2D eigenvalue weighted by Crippen LogP contribution is 2.74. The summed E-state index contributed by atoms with van der Waals surface area (Å²) in [7, 11) is 0. The first-order chi connectivity index (χ1) is 11.6. The molecule has 9 atom stereocenters. The molecule has 2 heterocycles. The average Bonchev–Trinajstić information content (AvgIpc) is 2.66. The summed E-state index contributed by atoms with van der Waals surface area (Å²) in [5.74, 6) is -1.16. The zero-order valence-corrected chi connectivity index (χ0v) is 15.7. The zero-order chi connectivity index (χ0) is 18.0. The molecule has 6 aliphatic rings. The fourth-order valence-electron chi connectivity index (χ4n) is 8.29. The van der Waals surface area contributed by atoms with Gasteiger partial charge in [-0.2, -0.15) is 0 Å². The van der Waals surface area contributed by atoms with Gasteiger partial charge in [0.1, 0.15) is 0 Å². The lowest BCUT2D eigenvalue weighted by Crippen LogP contribution is -2.64. The maximum absolute atomic E-state index is 12.0. The molecule has 4 aliphatic carbocycles. The van der Waals surface area contributed by atoms with Crippen LogP contribution in [0.15, 0.2) is 12.2 Å². The highest BCUT2D eigenvalue weighted by molar-refractivity contribution is 5.37. The maximum atomic E-state index is 12.0. The molecule has 4 saturated carbocycles. The Hall–Kier alpha value is -0.420. The number of ether oxygens (including phenoxy) is 1. The van der Waals surface area contributed by atoms with Crippen LogP contribution in [0.5, 0.6) is 0 Å². The molecule has 0 aromatic heterocycles. The fourth-order valence-corrected chi connectivity index (χ4v) is 8.29. The Morgan fingerprint density at radius 1 is 1.12 bits per heavy atom. The number of rotatable bonds is 0. The minimum Gasteiger partial charge on any atom is -0.392 e. The summed E-state index contributed by atoms with van der Waals surface area (Å²) >= 11 is 0. The van der Waals surface area contributed by atoms with Crippen LogP contribution in [0.3, 0.4) is 0 Å². The second-order valence-electron chi connectivity index (χ2n) is 10.5. The fraction of sp³-hybridized carbons (Fsp3) is 0.905. The molecule has 4 nitrogen and oxygen atoms in total. The number of fused-ring (bicyclic) bond motifs is 2. The van der Waals surface area contributed by atoms with Gasteiger partial charge in [-0.15, -0.1) is 0 Å². The normalized spacial score (nSPS) is 61.8. The van der Waals surface area contributed by atoms with Gasteiger partial charge < -0.3 is 20.1 Å². The van der Waals surface area contributed by atoms with E-state index >= 15 is 0 Å². The molecule has 3 N–H and O–H groups in total. The molecule has 0 amide bonds. The Balaban J connectivity index is 1.79. The smallest absolute Gasteiger partial charge is 0.171 e. The summed E-state index contributed by atoms with van der Waals surface area (Å²) in [5, 5.41) is 34.9. The molecule has 2 unspecified atom stereocenters. The topological polar surface area (TPSA) is 69.9 Å². The lowest BCUT2D eigenvalue weighted by atomic mass is 9.46. The number of aliphatic hydroxyl groups is 3. The van der Waals surface area contributed by atoms with Crippen LogP contribution >= 0.6 is 0 Å². The third-order valence-corrected chi connectivity index (χ3v) is 9.37. The lowest BCUT2D eigenvalue weighted by Gasteiger charge is -2.62. The summed E-state index contributed by atoms with van der Waals surface area (Å²) in [6.07, 6.45) is 3.62. The van der Waals surface area contributed by atoms with Crippen LogP contribution in [0.1, 0.15) is 52.9 Å². The van der Waals surface area contributed by atoms with Crippen LogP contribution in [-0.4, -0.2) is 39.4 Å². The van der Waals surface area contributed by atoms with Gasteiger partial charge in [0.2, 0.25) is 0 Å². The van der Waals surface area contributed by atoms with Crippen molar-refractivity contribution in [3.8, 4) is 0 Å². The molecule has 4 bridgehead atoms. The van der Waals surface area contributed by atoms with Crippen molar-refractivity contribution in [2.75, 3.05) is 6.61 Å². The first kappa shape index (κ1) is 16.7. The van der Waals surface area contributed by atoms with E-state index in [0.29, 0.717) is 13.0 Å². The monoisotopic (exact) mass is 348 g/mol. The standard InChI is InChI=1S/C21H32O4/c1-11-13-5-6-14-19-10-25-20(23,17(11)21(14,24)12(13)2)9-15(19)18(3,4)8-7-16(19)22/h11,13-17,22-24H,2,5-10H2,1,3-4H3/t11-,13-,14?,15-,16+,17+,19+,20-,21?/m1/s1. The van der Waals surface area contributed by atoms with Crippen molar-refractivity contribution in [1.82, 2.24) is 0 Å². The Labute approximate surface area is 150 Å². The van der Waals surface area contributed by atoms with Gasteiger partial charge in [0, 0.05) is 23.7 Å². The van der Waals surface area contributed by atoms with Crippen LogP contribution in [0.4, 0.5) is 0 Å². The van der Waals surface area contributed by atoms with Crippen LogP contribution < -0.4 is 0 Å². The number of hydrogen-bond acceptors (Lipinski definition) is 4. The zero-order valence-electron chi connectivity index (χ0n) is 15.7. The van der Waals surface area contributed by atoms with E-state index in [0.717, 1.165) is 31.3 Å². The van der Waals surface area contributed by atoms with Gasteiger partial charge in [-0.3, -0.25) is 0 Å². The van der Waals surface area contributed by atoms with Gasteiger partial charge in [0.25, 0.3) is 0 Å². The number of hydrogen-bond donors (Lipinski definition) is 3. The molecule has 140 valence electrons. The van der Waals surface area contributed by atoms with E-state index in [1.807, 2.05) is 0 Å². The van der Waals surface area contributed by atoms with Gasteiger partial charge in [-0.25, -0.2) is 0 Å². The minimum absolute atomic E-state index is 0.0212. The third kappa shape index (κ3) is 1.61. The maximum Gasteiger partial charge on any atom is 0.171 e. The second kappa shape index (κ2) is 4.52. The Kier molecular flexibility index (Phi) is 3.02. The molecule has 25 heavy (non-hydrogen) atoms. The Morgan fingerprint density at radius 3 is 2.56 bits per heavy atom. The van der Waals surface area contributed by atoms with Crippen molar-refractivity contribution in [2.45, 2.75) is 70.4 Å². The van der Waals surface area contributed by atoms with Gasteiger partial charge in [0.15, 0.2) is 5.79 Å². The molecule has 0 radical (unpaired) electrons. The third-order valence-electron chi connectivity index (χ3n) is 9.37. The van der Waals surface area contributed by atoms with Crippen LogP contribution in [-0.2, 0) is 4.74 Å². The molecule has 2 saturated heterocycles. The molecule has 0 aromatic rings. The van der Waals surface area contributed by atoms with Gasteiger partial charge in [-0.05, 0) is 54.4 Å². The largest absolute Gasteiger partial charge is 0.392 e. The first-order valence-electron chi connectivity index (χ1n) is 10.0. The molecule has 6 fully saturated rings. The van der Waals surface area contributed by atoms with Crippen molar-refractivity contribution in [3.63, 3.8) is 0 Å². The highest BCUT2D eigenvalue weighted by atomic mass is 16.6. The summed E-state index contributed by atoms with van der Waals surface area (Å²) in [4.78, 5) is 0. The predicted octanol–water partition coefficient (Wildman–Crippen LogP) is 2.47. The van der Waals surface area contributed by atoms with Crippen LogP contribution in [0.2, 0.25) is 0 Å². The summed E-state index contributed by atoms with van der Waals surface area (Å²) in [6.45, 7) is 11.3.